The molecule has 2 atom stereocenters. The highest BCUT2D eigenvalue weighted by Gasteiger charge is 2.36. The number of hydrogen-bond donors (Lipinski definition) is 0. The van der Waals surface area contributed by atoms with E-state index in [4.69, 9.17) is 9.72 Å². The van der Waals surface area contributed by atoms with E-state index >= 15 is 0 Å². The summed E-state index contributed by atoms with van der Waals surface area (Å²) >= 11 is 0. The van der Waals surface area contributed by atoms with Crippen molar-refractivity contribution in [3.63, 3.8) is 0 Å². The predicted octanol–water partition coefficient (Wildman–Crippen LogP) is 3.05. The van der Waals surface area contributed by atoms with Crippen molar-refractivity contribution >= 4 is 16.9 Å². The van der Waals surface area contributed by atoms with Gasteiger partial charge in [-0.3, -0.25) is 4.79 Å². The van der Waals surface area contributed by atoms with Crippen LogP contribution in [-0.2, 0) is 16.6 Å². The fraction of sp³-hybridized carbons (Fsp3) is 0.579. The van der Waals surface area contributed by atoms with Gasteiger partial charge in [0.25, 0.3) is 5.91 Å². The molecule has 0 spiro atoms. The molecule has 1 aromatic heterocycles. The fourth-order valence-corrected chi connectivity index (χ4v) is 3.63. The highest BCUT2D eigenvalue weighted by Crippen LogP contribution is 2.34. The molecule has 1 amide bonds. The van der Waals surface area contributed by atoms with Gasteiger partial charge in [0.15, 0.2) is 0 Å². The second-order valence-corrected chi connectivity index (χ2v) is 7.13. The van der Waals surface area contributed by atoms with Crippen molar-refractivity contribution in [2.24, 2.45) is 13.0 Å². The number of benzene rings is 1. The van der Waals surface area contributed by atoms with Gasteiger partial charge in [0, 0.05) is 13.6 Å². The molecule has 1 aliphatic carbocycles. The number of carbonyl (C=O) groups is 1. The lowest BCUT2D eigenvalue weighted by Crippen LogP contribution is -2.39. The van der Waals surface area contributed by atoms with Crippen molar-refractivity contribution in [2.75, 3.05) is 13.2 Å². The van der Waals surface area contributed by atoms with Crippen LogP contribution in [0.5, 0.6) is 0 Å². The van der Waals surface area contributed by atoms with Crippen molar-refractivity contribution < 1.29 is 9.53 Å². The third-order valence-corrected chi connectivity index (χ3v) is 5.28. The number of para-hydroxylation sites is 2. The molecule has 2 fully saturated rings. The maximum atomic E-state index is 12.9. The highest BCUT2D eigenvalue weighted by molar-refractivity contribution is 5.81. The minimum atomic E-state index is -0.360. The Labute approximate surface area is 142 Å². The number of ether oxygens (including phenoxy) is 1. The van der Waals surface area contributed by atoms with E-state index in [1.54, 1.807) is 0 Å². The average molecular weight is 327 g/mol. The summed E-state index contributed by atoms with van der Waals surface area (Å²) in [6.45, 7) is 3.40. The van der Waals surface area contributed by atoms with Crippen molar-refractivity contribution in [3.8, 4) is 0 Å². The van der Waals surface area contributed by atoms with Gasteiger partial charge in [0.05, 0.1) is 23.7 Å². The summed E-state index contributed by atoms with van der Waals surface area (Å²) in [5, 5.41) is 0. The molecule has 24 heavy (non-hydrogen) atoms. The van der Waals surface area contributed by atoms with E-state index < -0.39 is 0 Å². The van der Waals surface area contributed by atoms with E-state index in [-0.39, 0.29) is 18.1 Å². The van der Waals surface area contributed by atoms with Crippen LogP contribution < -0.4 is 0 Å². The van der Waals surface area contributed by atoms with E-state index in [1.165, 1.54) is 12.8 Å². The number of imidazole rings is 1. The van der Waals surface area contributed by atoms with Crippen LogP contribution in [0.2, 0.25) is 0 Å². The number of rotatable bonds is 5. The zero-order chi connectivity index (χ0) is 16.7. The molecule has 2 aliphatic rings. The van der Waals surface area contributed by atoms with Crippen molar-refractivity contribution in [2.45, 2.75) is 44.8 Å². The van der Waals surface area contributed by atoms with Crippen LogP contribution in [0.4, 0.5) is 0 Å². The maximum Gasteiger partial charge on any atom is 0.252 e. The molecule has 2 aromatic rings. The third kappa shape index (κ3) is 2.81. The number of carbonyl (C=O) groups excluding carboxylic acids is 1. The third-order valence-electron chi connectivity index (χ3n) is 5.28. The first kappa shape index (κ1) is 15.6. The molecule has 1 aliphatic heterocycles. The van der Waals surface area contributed by atoms with Gasteiger partial charge >= 0.3 is 0 Å². The molecule has 2 heterocycles. The summed E-state index contributed by atoms with van der Waals surface area (Å²) in [7, 11) is 2.04. The first-order valence-corrected chi connectivity index (χ1v) is 8.98. The smallest absolute Gasteiger partial charge is 0.252 e. The Morgan fingerprint density at radius 1 is 1.33 bits per heavy atom. The summed E-state index contributed by atoms with van der Waals surface area (Å²) in [4.78, 5) is 19.6. The zero-order valence-corrected chi connectivity index (χ0v) is 14.4. The molecule has 0 unspecified atom stereocenters. The second-order valence-electron chi connectivity index (χ2n) is 7.13. The monoisotopic (exact) mass is 327 g/mol. The first-order valence-electron chi connectivity index (χ1n) is 8.98. The molecular formula is C19H25N3O2. The molecule has 4 rings (SSSR count). The van der Waals surface area contributed by atoms with Crippen molar-refractivity contribution in [1.82, 2.24) is 14.5 Å². The van der Waals surface area contributed by atoms with Crippen molar-refractivity contribution in [1.29, 1.82) is 0 Å². The topological polar surface area (TPSA) is 47.4 Å². The highest BCUT2D eigenvalue weighted by atomic mass is 16.5. The van der Waals surface area contributed by atoms with Crippen LogP contribution in [0.15, 0.2) is 24.3 Å². The van der Waals surface area contributed by atoms with E-state index in [2.05, 4.69) is 10.6 Å². The normalized spacial score (nSPS) is 22.2. The van der Waals surface area contributed by atoms with Gasteiger partial charge in [-0.05, 0) is 50.7 Å². The van der Waals surface area contributed by atoms with Crippen LogP contribution in [0.3, 0.4) is 0 Å². The number of nitrogens with zero attached hydrogens (tertiary/aromatic N) is 3. The largest absolute Gasteiger partial charge is 0.368 e. The van der Waals surface area contributed by atoms with Crippen molar-refractivity contribution in [3.05, 3.63) is 30.1 Å². The van der Waals surface area contributed by atoms with Gasteiger partial charge in [0.1, 0.15) is 11.9 Å². The lowest BCUT2D eigenvalue weighted by Gasteiger charge is -2.27. The fourth-order valence-electron chi connectivity index (χ4n) is 3.63. The minimum absolute atomic E-state index is 0.0573. The Morgan fingerprint density at radius 2 is 2.12 bits per heavy atom. The van der Waals surface area contributed by atoms with Gasteiger partial charge in [-0.15, -0.1) is 0 Å². The average Bonchev–Trinajstić information content (AvgIpc) is 3.20. The minimum Gasteiger partial charge on any atom is -0.368 e. The Kier molecular flexibility index (Phi) is 4.04. The van der Waals surface area contributed by atoms with Crippen LogP contribution in [-0.4, -0.2) is 39.6 Å². The van der Waals surface area contributed by atoms with Crippen LogP contribution >= 0.6 is 0 Å². The number of likely N-dealkylation sites (tertiary alicyclic amines) is 1. The summed E-state index contributed by atoms with van der Waals surface area (Å²) in [6.07, 6.45) is 4.12. The van der Waals surface area contributed by atoms with Gasteiger partial charge in [-0.25, -0.2) is 4.98 Å². The summed E-state index contributed by atoms with van der Waals surface area (Å²) in [5.74, 6) is 1.76. The Bertz CT molecular complexity index is 750. The number of amides is 1. The van der Waals surface area contributed by atoms with Gasteiger partial charge in [-0.1, -0.05) is 12.1 Å². The summed E-state index contributed by atoms with van der Waals surface area (Å²) in [5.41, 5.74) is 2.11. The van der Waals surface area contributed by atoms with E-state index in [0.29, 0.717) is 5.92 Å². The number of aromatic nitrogens is 2. The van der Waals surface area contributed by atoms with Gasteiger partial charge in [-0.2, -0.15) is 0 Å². The Balaban J connectivity index is 1.54. The zero-order valence-electron chi connectivity index (χ0n) is 14.4. The predicted molar refractivity (Wildman–Crippen MR) is 92.5 cm³/mol. The maximum absolute atomic E-state index is 12.9. The summed E-state index contributed by atoms with van der Waals surface area (Å²) in [6, 6.07) is 8.20. The molecule has 1 aromatic carbocycles. The van der Waals surface area contributed by atoms with Crippen LogP contribution in [0, 0.1) is 5.92 Å². The molecule has 0 radical (unpaired) electrons. The Hall–Kier alpha value is -1.88. The molecule has 1 saturated carbocycles. The molecule has 5 heteroatoms. The first-order chi connectivity index (χ1) is 11.6. The summed E-state index contributed by atoms with van der Waals surface area (Å²) < 4.78 is 7.92. The van der Waals surface area contributed by atoms with E-state index in [1.807, 2.05) is 37.1 Å². The molecule has 5 nitrogen and oxygen atoms in total. The molecule has 128 valence electrons. The molecule has 1 saturated heterocycles. The van der Waals surface area contributed by atoms with Gasteiger partial charge < -0.3 is 14.2 Å². The van der Waals surface area contributed by atoms with Crippen LogP contribution in [0.1, 0.15) is 44.5 Å². The standard InChI is InChI=1S/C19H25N3O2/c1-13(24-12-14-9-10-14)19(23)22-11-5-8-17(22)18-20-15-6-3-4-7-16(15)21(18)2/h3-4,6-7,13-14,17H,5,8-12H2,1-2H3/t13-,17-/m0/s1. The lowest BCUT2D eigenvalue weighted by atomic mass is 10.2. The van der Waals surface area contributed by atoms with Crippen LogP contribution in [0.25, 0.3) is 11.0 Å². The molecule has 0 N–H and O–H groups in total. The molecule has 0 bridgehead atoms. The second kappa shape index (κ2) is 6.20. The van der Waals surface area contributed by atoms with E-state index in [0.717, 1.165) is 42.9 Å². The number of fused-ring (bicyclic) bond motifs is 1. The number of aryl methyl sites for hydroxylation is 1. The number of hydrogen-bond acceptors (Lipinski definition) is 3. The lowest BCUT2D eigenvalue weighted by molar-refractivity contribution is -0.144. The SMILES string of the molecule is C[C@H](OCC1CC1)C(=O)N1CCC[C@H]1c1nc2ccccc2n1C. The molecular weight excluding hydrogens is 302 g/mol. The van der Waals surface area contributed by atoms with Gasteiger partial charge in [0.2, 0.25) is 0 Å². The quantitative estimate of drug-likeness (QED) is 0.848. The Morgan fingerprint density at radius 3 is 2.88 bits per heavy atom. The van der Waals surface area contributed by atoms with E-state index in [9.17, 15) is 4.79 Å².